The van der Waals surface area contributed by atoms with Crippen LogP contribution in [-0.4, -0.2) is 22.5 Å². The minimum Gasteiger partial charge on any atom is -0.475 e. The summed E-state index contributed by atoms with van der Waals surface area (Å²) in [6.07, 6.45) is 1.93. The van der Waals surface area contributed by atoms with Crippen LogP contribution in [0, 0.1) is 0 Å². The van der Waals surface area contributed by atoms with Gasteiger partial charge < -0.3 is 9.63 Å². The Kier molecular flexibility index (Phi) is 3.40. The molecule has 1 aromatic heterocycles. The van der Waals surface area contributed by atoms with Crippen LogP contribution in [0.15, 0.2) is 33.7 Å². The van der Waals surface area contributed by atoms with Crippen LogP contribution >= 0.6 is 23.4 Å². The summed E-state index contributed by atoms with van der Waals surface area (Å²) in [6.45, 7) is 0. The molecule has 2 aromatic rings. The predicted octanol–water partition coefficient (Wildman–Crippen LogP) is 3.42. The lowest BCUT2D eigenvalue weighted by atomic mass is 10.1. The second kappa shape index (κ2) is 4.81. The van der Waals surface area contributed by atoms with E-state index in [0.29, 0.717) is 10.7 Å². The van der Waals surface area contributed by atoms with Gasteiger partial charge in [0.25, 0.3) is 0 Å². The Bertz CT molecular complexity index is 568. The van der Waals surface area contributed by atoms with Gasteiger partial charge >= 0.3 is 5.97 Å². The molecule has 0 aliphatic rings. The van der Waals surface area contributed by atoms with E-state index >= 15 is 0 Å². The van der Waals surface area contributed by atoms with E-state index in [4.69, 9.17) is 16.7 Å². The highest BCUT2D eigenvalue weighted by Gasteiger charge is 2.13. The van der Waals surface area contributed by atoms with Crippen molar-refractivity contribution in [2.75, 3.05) is 6.26 Å². The van der Waals surface area contributed by atoms with E-state index in [9.17, 15) is 4.79 Å². The van der Waals surface area contributed by atoms with Gasteiger partial charge in [-0.2, -0.15) is 0 Å². The molecule has 0 aliphatic heterocycles. The molecule has 0 atom stereocenters. The fourth-order valence-corrected chi connectivity index (χ4v) is 2.21. The summed E-state index contributed by atoms with van der Waals surface area (Å²) >= 11 is 7.59. The smallest absolute Gasteiger partial charge is 0.374 e. The number of carboxylic acids is 1. The van der Waals surface area contributed by atoms with Crippen molar-refractivity contribution in [3.05, 3.63) is 35.0 Å². The highest BCUT2D eigenvalue weighted by atomic mass is 35.5. The number of aromatic nitrogens is 1. The van der Waals surface area contributed by atoms with Gasteiger partial charge in [0.15, 0.2) is 0 Å². The Labute approximate surface area is 107 Å². The van der Waals surface area contributed by atoms with Gasteiger partial charge in [0.2, 0.25) is 5.76 Å². The number of rotatable bonds is 3. The number of nitrogens with zero attached hydrogens (tertiary/aromatic N) is 1. The Balaban J connectivity index is 2.39. The molecule has 1 N–H and O–H groups in total. The van der Waals surface area contributed by atoms with Crippen LogP contribution in [0.25, 0.3) is 11.3 Å². The minimum atomic E-state index is -1.14. The van der Waals surface area contributed by atoms with Crippen molar-refractivity contribution in [3.8, 4) is 11.3 Å². The van der Waals surface area contributed by atoms with E-state index in [2.05, 4.69) is 9.68 Å². The standard InChI is InChI=1S/C11H8ClNO3S/c1-17-10-3-2-6(4-7(10)12)8-5-9(11(14)15)16-13-8/h2-5H,1H3,(H,14,15). The summed E-state index contributed by atoms with van der Waals surface area (Å²) in [4.78, 5) is 11.6. The van der Waals surface area contributed by atoms with Gasteiger partial charge in [0.1, 0.15) is 5.69 Å². The molecule has 6 heteroatoms. The third kappa shape index (κ3) is 2.45. The van der Waals surface area contributed by atoms with Crippen LogP contribution in [0.2, 0.25) is 5.02 Å². The highest BCUT2D eigenvalue weighted by Crippen LogP contribution is 2.30. The first-order valence-corrected chi connectivity index (χ1v) is 6.26. The zero-order chi connectivity index (χ0) is 12.4. The predicted molar refractivity (Wildman–Crippen MR) is 65.7 cm³/mol. The van der Waals surface area contributed by atoms with Crippen molar-refractivity contribution >= 4 is 29.3 Å². The lowest BCUT2D eigenvalue weighted by molar-refractivity contribution is 0.0652. The Hall–Kier alpha value is -1.46. The molecule has 0 radical (unpaired) electrons. The molecule has 0 saturated carbocycles. The van der Waals surface area contributed by atoms with Crippen LogP contribution in [0.3, 0.4) is 0 Å². The molecule has 88 valence electrons. The summed E-state index contributed by atoms with van der Waals surface area (Å²) in [5.74, 6) is -1.33. The van der Waals surface area contributed by atoms with Gasteiger partial charge in [-0.1, -0.05) is 22.8 Å². The number of aromatic carboxylic acids is 1. The van der Waals surface area contributed by atoms with Crippen molar-refractivity contribution in [1.82, 2.24) is 5.16 Å². The van der Waals surface area contributed by atoms with Gasteiger partial charge in [-0.05, 0) is 18.4 Å². The SMILES string of the molecule is CSc1ccc(-c2cc(C(=O)O)on2)cc1Cl. The Morgan fingerprint density at radius 1 is 1.47 bits per heavy atom. The molecule has 0 saturated heterocycles. The molecule has 0 amide bonds. The first kappa shape index (κ1) is 12.0. The van der Waals surface area contributed by atoms with E-state index in [1.165, 1.54) is 17.8 Å². The molecule has 17 heavy (non-hydrogen) atoms. The average Bonchev–Trinajstić information content (AvgIpc) is 2.78. The van der Waals surface area contributed by atoms with Crippen LogP contribution < -0.4 is 0 Å². The molecule has 0 aliphatic carbocycles. The first-order valence-electron chi connectivity index (χ1n) is 4.65. The first-order chi connectivity index (χ1) is 8.11. The van der Waals surface area contributed by atoms with Crippen LogP contribution in [0.1, 0.15) is 10.6 Å². The Morgan fingerprint density at radius 2 is 2.24 bits per heavy atom. The fourth-order valence-electron chi connectivity index (χ4n) is 1.34. The maximum Gasteiger partial charge on any atom is 0.374 e. The zero-order valence-corrected chi connectivity index (χ0v) is 10.4. The van der Waals surface area contributed by atoms with Gasteiger partial charge in [0, 0.05) is 16.5 Å². The molecule has 0 fully saturated rings. The van der Waals surface area contributed by atoms with Crippen molar-refractivity contribution in [2.45, 2.75) is 4.90 Å². The molecule has 0 spiro atoms. The fraction of sp³-hybridized carbons (Fsp3) is 0.0909. The lowest BCUT2D eigenvalue weighted by Crippen LogP contribution is -1.91. The van der Waals surface area contributed by atoms with Crippen LogP contribution in [0.4, 0.5) is 0 Å². The number of halogens is 1. The molecule has 4 nitrogen and oxygen atoms in total. The molecule has 0 bridgehead atoms. The largest absolute Gasteiger partial charge is 0.475 e. The average molecular weight is 270 g/mol. The number of hydrogen-bond acceptors (Lipinski definition) is 4. The Morgan fingerprint density at radius 3 is 2.76 bits per heavy atom. The third-order valence-electron chi connectivity index (χ3n) is 2.17. The van der Waals surface area contributed by atoms with E-state index in [1.54, 1.807) is 6.07 Å². The monoisotopic (exact) mass is 269 g/mol. The second-order valence-electron chi connectivity index (χ2n) is 3.23. The van der Waals surface area contributed by atoms with E-state index in [-0.39, 0.29) is 5.76 Å². The normalized spacial score (nSPS) is 10.5. The maximum atomic E-state index is 10.6. The summed E-state index contributed by atoms with van der Waals surface area (Å²) in [7, 11) is 0. The molecule has 1 aromatic carbocycles. The topological polar surface area (TPSA) is 63.3 Å². The van der Waals surface area contributed by atoms with Crippen molar-refractivity contribution in [2.24, 2.45) is 0 Å². The minimum absolute atomic E-state index is 0.190. The van der Waals surface area contributed by atoms with Gasteiger partial charge in [0.05, 0.1) is 5.02 Å². The lowest BCUT2D eigenvalue weighted by Gasteiger charge is -2.01. The van der Waals surface area contributed by atoms with Crippen molar-refractivity contribution in [1.29, 1.82) is 0 Å². The maximum absolute atomic E-state index is 10.6. The van der Waals surface area contributed by atoms with Gasteiger partial charge in [-0.15, -0.1) is 11.8 Å². The summed E-state index contributed by atoms with van der Waals surface area (Å²) in [5.41, 5.74) is 1.18. The number of carboxylic acid groups (broad SMARTS) is 1. The summed E-state index contributed by atoms with van der Waals surface area (Å²) in [5, 5.41) is 13.0. The van der Waals surface area contributed by atoms with E-state index in [1.807, 2.05) is 18.4 Å². The second-order valence-corrected chi connectivity index (χ2v) is 4.49. The quantitative estimate of drug-likeness (QED) is 0.865. The molecular weight excluding hydrogens is 262 g/mol. The van der Waals surface area contributed by atoms with Crippen LogP contribution in [0.5, 0.6) is 0 Å². The third-order valence-corrected chi connectivity index (χ3v) is 3.39. The summed E-state index contributed by atoms with van der Waals surface area (Å²) < 4.78 is 4.68. The zero-order valence-electron chi connectivity index (χ0n) is 8.81. The highest BCUT2D eigenvalue weighted by molar-refractivity contribution is 7.98. The molecule has 1 heterocycles. The van der Waals surface area contributed by atoms with Crippen molar-refractivity contribution < 1.29 is 14.4 Å². The number of benzene rings is 1. The van der Waals surface area contributed by atoms with Gasteiger partial charge in [-0.3, -0.25) is 0 Å². The van der Waals surface area contributed by atoms with Crippen molar-refractivity contribution in [3.63, 3.8) is 0 Å². The summed E-state index contributed by atoms with van der Waals surface area (Å²) in [6, 6.07) is 6.78. The molecule has 2 rings (SSSR count). The van der Waals surface area contributed by atoms with E-state index < -0.39 is 5.97 Å². The number of thioether (sulfide) groups is 1. The van der Waals surface area contributed by atoms with E-state index in [0.717, 1.165) is 10.5 Å². The molecular formula is C11H8ClNO3S. The van der Waals surface area contributed by atoms with Gasteiger partial charge in [-0.25, -0.2) is 4.79 Å². The van der Waals surface area contributed by atoms with Crippen LogP contribution in [-0.2, 0) is 0 Å². The molecule has 0 unspecified atom stereocenters. The number of carbonyl (C=O) groups is 1. The number of hydrogen-bond donors (Lipinski definition) is 1.